The second-order valence-corrected chi connectivity index (χ2v) is 6.38. The van der Waals surface area contributed by atoms with Crippen LogP contribution in [-0.2, 0) is 4.74 Å². The molecule has 1 saturated heterocycles. The SMILES string of the molecule is CCCCCCCCCC(NCCC)C1CCCCO1. The van der Waals surface area contributed by atoms with Crippen LogP contribution in [0.5, 0.6) is 0 Å². The molecule has 0 bridgehead atoms. The zero-order valence-corrected chi connectivity index (χ0v) is 14.0. The Morgan fingerprint density at radius 1 is 0.950 bits per heavy atom. The monoisotopic (exact) mass is 283 g/mol. The highest BCUT2D eigenvalue weighted by molar-refractivity contribution is 4.79. The van der Waals surface area contributed by atoms with Crippen molar-refractivity contribution in [1.82, 2.24) is 5.32 Å². The minimum absolute atomic E-state index is 0.482. The van der Waals surface area contributed by atoms with Crippen molar-refractivity contribution in [3.63, 3.8) is 0 Å². The molecule has 120 valence electrons. The largest absolute Gasteiger partial charge is 0.377 e. The summed E-state index contributed by atoms with van der Waals surface area (Å²) in [5.41, 5.74) is 0. The average Bonchev–Trinajstić information content (AvgIpc) is 2.50. The van der Waals surface area contributed by atoms with Crippen molar-refractivity contribution >= 4 is 0 Å². The van der Waals surface area contributed by atoms with Crippen molar-refractivity contribution in [3.8, 4) is 0 Å². The summed E-state index contributed by atoms with van der Waals surface area (Å²) in [7, 11) is 0. The van der Waals surface area contributed by atoms with Crippen LogP contribution in [0.25, 0.3) is 0 Å². The van der Waals surface area contributed by atoms with Gasteiger partial charge in [-0.05, 0) is 38.6 Å². The van der Waals surface area contributed by atoms with Crippen molar-refractivity contribution in [3.05, 3.63) is 0 Å². The van der Waals surface area contributed by atoms with Gasteiger partial charge in [0.25, 0.3) is 0 Å². The summed E-state index contributed by atoms with van der Waals surface area (Å²) >= 11 is 0. The Morgan fingerprint density at radius 2 is 1.70 bits per heavy atom. The molecule has 1 aliphatic rings. The van der Waals surface area contributed by atoms with Crippen LogP contribution in [0.4, 0.5) is 0 Å². The van der Waals surface area contributed by atoms with Gasteiger partial charge in [-0.1, -0.05) is 58.8 Å². The molecule has 0 aromatic rings. The van der Waals surface area contributed by atoms with E-state index in [0.29, 0.717) is 12.1 Å². The van der Waals surface area contributed by atoms with Gasteiger partial charge in [0.15, 0.2) is 0 Å². The number of hydrogen-bond donors (Lipinski definition) is 1. The third kappa shape index (κ3) is 8.26. The molecule has 0 amide bonds. The smallest absolute Gasteiger partial charge is 0.0728 e. The lowest BCUT2D eigenvalue weighted by atomic mass is 9.96. The van der Waals surface area contributed by atoms with E-state index in [2.05, 4.69) is 19.2 Å². The maximum absolute atomic E-state index is 5.98. The van der Waals surface area contributed by atoms with Gasteiger partial charge >= 0.3 is 0 Å². The van der Waals surface area contributed by atoms with Gasteiger partial charge in [0.2, 0.25) is 0 Å². The maximum Gasteiger partial charge on any atom is 0.0728 e. The van der Waals surface area contributed by atoms with Crippen molar-refractivity contribution in [1.29, 1.82) is 0 Å². The minimum atomic E-state index is 0.482. The van der Waals surface area contributed by atoms with Crippen LogP contribution in [0.15, 0.2) is 0 Å². The summed E-state index contributed by atoms with van der Waals surface area (Å²) < 4.78 is 5.98. The Labute approximate surface area is 127 Å². The Morgan fingerprint density at radius 3 is 2.35 bits per heavy atom. The molecular weight excluding hydrogens is 246 g/mol. The van der Waals surface area contributed by atoms with Gasteiger partial charge < -0.3 is 10.1 Å². The number of ether oxygens (including phenoxy) is 1. The second kappa shape index (κ2) is 12.6. The zero-order valence-electron chi connectivity index (χ0n) is 14.0. The van der Waals surface area contributed by atoms with Crippen molar-refractivity contribution < 1.29 is 4.74 Å². The lowest BCUT2D eigenvalue weighted by molar-refractivity contribution is -0.00971. The van der Waals surface area contributed by atoms with Crippen LogP contribution in [0.1, 0.15) is 90.9 Å². The van der Waals surface area contributed by atoms with Gasteiger partial charge in [-0.15, -0.1) is 0 Å². The highest BCUT2D eigenvalue weighted by atomic mass is 16.5. The zero-order chi connectivity index (χ0) is 14.5. The highest BCUT2D eigenvalue weighted by Crippen LogP contribution is 2.20. The van der Waals surface area contributed by atoms with Crippen LogP contribution in [0.2, 0.25) is 0 Å². The average molecular weight is 284 g/mol. The molecule has 0 saturated carbocycles. The number of unbranched alkanes of at least 4 members (excludes halogenated alkanes) is 6. The Hall–Kier alpha value is -0.0800. The number of nitrogens with one attached hydrogen (secondary N) is 1. The van der Waals surface area contributed by atoms with Crippen LogP contribution in [-0.4, -0.2) is 25.3 Å². The first-order valence-electron chi connectivity index (χ1n) is 9.23. The van der Waals surface area contributed by atoms with Crippen LogP contribution >= 0.6 is 0 Å². The Bertz CT molecular complexity index is 202. The third-order valence-corrected chi connectivity index (χ3v) is 4.44. The predicted molar refractivity (Wildman–Crippen MR) is 88.3 cm³/mol. The highest BCUT2D eigenvalue weighted by Gasteiger charge is 2.23. The minimum Gasteiger partial charge on any atom is -0.377 e. The fourth-order valence-corrected chi connectivity index (χ4v) is 3.15. The summed E-state index contributed by atoms with van der Waals surface area (Å²) in [5, 5.41) is 3.73. The van der Waals surface area contributed by atoms with Gasteiger partial charge in [0.1, 0.15) is 0 Å². The molecule has 0 spiro atoms. The Kier molecular flexibility index (Phi) is 11.4. The van der Waals surface area contributed by atoms with E-state index in [4.69, 9.17) is 4.74 Å². The van der Waals surface area contributed by atoms with E-state index in [-0.39, 0.29) is 0 Å². The standard InChI is InChI=1S/C18H37NO/c1-3-5-6-7-8-9-10-13-17(19-15-4-2)18-14-11-12-16-20-18/h17-19H,3-16H2,1-2H3. The van der Waals surface area contributed by atoms with Gasteiger partial charge in [0, 0.05) is 12.6 Å². The lowest BCUT2D eigenvalue weighted by Gasteiger charge is -2.31. The third-order valence-electron chi connectivity index (χ3n) is 4.44. The summed E-state index contributed by atoms with van der Waals surface area (Å²) in [6, 6.07) is 0.603. The molecule has 1 fully saturated rings. The van der Waals surface area contributed by atoms with Crippen molar-refractivity contribution in [2.24, 2.45) is 0 Å². The van der Waals surface area contributed by atoms with E-state index < -0.39 is 0 Å². The first-order chi connectivity index (χ1) is 9.88. The van der Waals surface area contributed by atoms with Gasteiger partial charge in [-0.3, -0.25) is 0 Å². The molecule has 1 rings (SSSR count). The molecule has 20 heavy (non-hydrogen) atoms. The summed E-state index contributed by atoms with van der Waals surface area (Å²) in [5.74, 6) is 0. The molecule has 1 N–H and O–H groups in total. The molecule has 1 heterocycles. The predicted octanol–water partition coefficient (Wildman–Crippen LogP) is 5.06. The normalized spacial score (nSPS) is 21.0. The van der Waals surface area contributed by atoms with Gasteiger partial charge in [-0.2, -0.15) is 0 Å². The van der Waals surface area contributed by atoms with E-state index in [1.807, 2.05) is 0 Å². The molecule has 2 heteroatoms. The lowest BCUT2D eigenvalue weighted by Crippen LogP contribution is -2.43. The van der Waals surface area contributed by atoms with Crippen LogP contribution in [0, 0.1) is 0 Å². The van der Waals surface area contributed by atoms with E-state index in [1.54, 1.807) is 0 Å². The summed E-state index contributed by atoms with van der Waals surface area (Å²) in [4.78, 5) is 0. The summed E-state index contributed by atoms with van der Waals surface area (Å²) in [6.45, 7) is 6.65. The van der Waals surface area contributed by atoms with Crippen molar-refractivity contribution in [2.45, 2.75) is 103 Å². The molecule has 2 atom stereocenters. The molecule has 0 aromatic carbocycles. The quantitative estimate of drug-likeness (QED) is 0.505. The van der Waals surface area contributed by atoms with E-state index >= 15 is 0 Å². The number of rotatable bonds is 12. The van der Waals surface area contributed by atoms with E-state index in [9.17, 15) is 0 Å². The van der Waals surface area contributed by atoms with Crippen molar-refractivity contribution in [2.75, 3.05) is 13.2 Å². The first kappa shape index (κ1) is 18.0. The summed E-state index contributed by atoms with van der Waals surface area (Å²) in [6.07, 6.45) is 16.7. The molecule has 0 aromatic heterocycles. The molecule has 1 aliphatic heterocycles. The molecule has 0 aliphatic carbocycles. The molecule has 0 radical (unpaired) electrons. The fourth-order valence-electron chi connectivity index (χ4n) is 3.15. The van der Waals surface area contributed by atoms with E-state index in [0.717, 1.165) is 13.2 Å². The molecule has 2 nitrogen and oxygen atoms in total. The number of hydrogen-bond acceptors (Lipinski definition) is 2. The first-order valence-corrected chi connectivity index (χ1v) is 9.23. The van der Waals surface area contributed by atoms with Crippen LogP contribution < -0.4 is 5.32 Å². The second-order valence-electron chi connectivity index (χ2n) is 6.38. The molecule has 2 unspecified atom stereocenters. The fraction of sp³-hybridized carbons (Fsp3) is 1.00. The van der Waals surface area contributed by atoms with Gasteiger partial charge in [0.05, 0.1) is 6.10 Å². The Balaban J connectivity index is 2.12. The maximum atomic E-state index is 5.98. The van der Waals surface area contributed by atoms with Crippen LogP contribution in [0.3, 0.4) is 0 Å². The van der Waals surface area contributed by atoms with Gasteiger partial charge in [-0.25, -0.2) is 0 Å². The van der Waals surface area contributed by atoms with E-state index in [1.165, 1.54) is 77.0 Å². The molecular formula is C18H37NO. The topological polar surface area (TPSA) is 21.3 Å².